The van der Waals surface area contributed by atoms with Gasteiger partial charge >= 0.3 is 5.97 Å². The van der Waals surface area contributed by atoms with E-state index in [-0.39, 0.29) is 12.1 Å². The number of aryl methyl sites for hydroxylation is 1. The van der Waals surface area contributed by atoms with Gasteiger partial charge in [-0.25, -0.2) is 0 Å². The van der Waals surface area contributed by atoms with E-state index in [9.17, 15) is 4.79 Å². The molecular formula is C18H23N3O3. The summed E-state index contributed by atoms with van der Waals surface area (Å²) in [7, 11) is 3.35. The number of nitrogens with zero attached hydrogens (tertiary/aromatic N) is 3. The molecule has 1 aliphatic rings. The highest BCUT2D eigenvalue weighted by molar-refractivity contribution is 5.69. The van der Waals surface area contributed by atoms with Gasteiger partial charge in [-0.1, -0.05) is 30.3 Å². The fraction of sp³-hybridized carbons (Fsp3) is 0.444. The second-order valence-corrected chi connectivity index (χ2v) is 6.05. The van der Waals surface area contributed by atoms with Gasteiger partial charge in [-0.3, -0.25) is 14.4 Å². The molecule has 0 N–H and O–H groups in total. The van der Waals surface area contributed by atoms with Gasteiger partial charge in [0.1, 0.15) is 0 Å². The Morgan fingerprint density at radius 2 is 2.17 bits per heavy atom. The summed E-state index contributed by atoms with van der Waals surface area (Å²) >= 11 is 0. The molecule has 1 fully saturated rings. The molecule has 2 aromatic rings. The van der Waals surface area contributed by atoms with Gasteiger partial charge in [0.05, 0.1) is 31.9 Å². The smallest absolute Gasteiger partial charge is 0.308 e. The number of methoxy groups -OCH3 is 1. The molecule has 1 aliphatic heterocycles. The Labute approximate surface area is 142 Å². The number of benzene rings is 1. The summed E-state index contributed by atoms with van der Waals surface area (Å²) in [5.74, 6) is -0.229. The third kappa shape index (κ3) is 4.01. The number of ether oxygens (including phenoxy) is 2. The van der Waals surface area contributed by atoms with Gasteiger partial charge in [-0.2, -0.15) is 5.10 Å². The van der Waals surface area contributed by atoms with Crippen molar-refractivity contribution >= 4 is 5.97 Å². The zero-order valence-corrected chi connectivity index (χ0v) is 14.1. The van der Waals surface area contributed by atoms with Crippen LogP contribution in [-0.2, 0) is 27.9 Å². The van der Waals surface area contributed by atoms with Crippen LogP contribution >= 0.6 is 0 Å². The summed E-state index contributed by atoms with van der Waals surface area (Å²) in [6, 6.07) is 10.2. The van der Waals surface area contributed by atoms with Gasteiger partial charge in [0.15, 0.2) is 0 Å². The number of morpholine rings is 1. The van der Waals surface area contributed by atoms with E-state index >= 15 is 0 Å². The maximum atomic E-state index is 11.5. The molecule has 6 heteroatoms. The van der Waals surface area contributed by atoms with E-state index in [0.717, 1.165) is 30.9 Å². The summed E-state index contributed by atoms with van der Waals surface area (Å²) < 4.78 is 12.3. The van der Waals surface area contributed by atoms with Crippen LogP contribution in [0.5, 0.6) is 0 Å². The van der Waals surface area contributed by atoms with Crippen LogP contribution in [0.25, 0.3) is 11.3 Å². The summed E-state index contributed by atoms with van der Waals surface area (Å²) in [4.78, 5) is 13.8. The number of rotatable bonds is 5. The Hall–Kier alpha value is -2.18. The minimum atomic E-state index is -0.229. The van der Waals surface area contributed by atoms with Gasteiger partial charge in [0.25, 0.3) is 0 Å². The van der Waals surface area contributed by atoms with Gasteiger partial charge in [0, 0.05) is 44.0 Å². The first kappa shape index (κ1) is 16.7. The highest BCUT2D eigenvalue weighted by atomic mass is 16.5. The molecule has 0 bridgehead atoms. The van der Waals surface area contributed by atoms with Gasteiger partial charge in [-0.05, 0) is 0 Å². The van der Waals surface area contributed by atoms with E-state index in [1.807, 2.05) is 29.9 Å². The number of aromatic nitrogens is 2. The largest absolute Gasteiger partial charge is 0.469 e. The highest BCUT2D eigenvalue weighted by Gasteiger charge is 2.24. The third-order valence-electron chi connectivity index (χ3n) is 4.19. The first-order chi connectivity index (χ1) is 11.7. The molecule has 24 heavy (non-hydrogen) atoms. The maximum Gasteiger partial charge on any atom is 0.308 e. The topological polar surface area (TPSA) is 56.6 Å². The third-order valence-corrected chi connectivity index (χ3v) is 4.19. The molecule has 1 atom stereocenters. The number of hydrogen-bond donors (Lipinski definition) is 0. The van der Waals surface area contributed by atoms with Crippen LogP contribution < -0.4 is 0 Å². The molecule has 1 aromatic carbocycles. The maximum absolute atomic E-state index is 11.5. The Balaban J connectivity index is 1.71. The Bertz CT molecular complexity index is 684. The molecular weight excluding hydrogens is 306 g/mol. The predicted molar refractivity (Wildman–Crippen MR) is 90.3 cm³/mol. The lowest BCUT2D eigenvalue weighted by molar-refractivity contribution is -0.145. The lowest BCUT2D eigenvalue weighted by atomic mass is 10.1. The van der Waals surface area contributed by atoms with Crippen molar-refractivity contribution in [1.29, 1.82) is 0 Å². The zero-order chi connectivity index (χ0) is 16.9. The molecule has 0 aliphatic carbocycles. The van der Waals surface area contributed by atoms with Crippen molar-refractivity contribution < 1.29 is 14.3 Å². The van der Waals surface area contributed by atoms with E-state index in [4.69, 9.17) is 9.47 Å². The Kier molecular flexibility index (Phi) is 5.27. The predicted octanol–water partition coefficient (Wildman–Crippen LogP) is 1.85. The van der Waals surface area contributed by atoms with Crippen LogP contribution in [0.3, 0.4) is 0 Å². The van der Waals surface area contributed by atoms with Crippen molar-refractivity contribution in [2.45, 2.75) is 19.1 Å². The van der Waals surface area contributed by atoms with Crippen LogP contribution in [0.4, 0.5) is 0 Å². The van der Waals surface area contributed by atoms with Crippen molar-refractivity contribution in [2.75, 3.05) is 26.8 Å². The van der Waals surface area contributed by atoms with Crippen LogP contribution in [-0.4, -0.2) is 53.6 Å². The highest BCUT2D eigenvalue weighted by Crippen LogP contribution is 2.23. The summed E-state index contributed by atoms with van der Waals surface area (Å²) in [6.07, 6.45) is 2.25. The normalized spacial score (nSPS) is 18.5. The van der Waals surface area contributed by atoms with E-state index in [1.165, 1.54) is 12.7 Å². The van der Waals surface area contributed by atoms with Gasteiger partial charge in [-0.15, -0.1) is 0 Å². The number of carbonyl (C=O) groups is 1. The van der Waals surface area contributed by atoms with Gasteiger partial charge < -0.3 is 9.47 Å². The molecule has 3 rings (SSSR count). The number of carbonyl (C=O) groups excluding carboxylic acids is 1. The molecule has 0 spiro atoms. The standard InChI is InChI=1S/C18H23N3O3/c1-20-11-15(18(19-20)14-6-4-3-5-7-14)12-21-8-9-24-16(13-21)10-17(22)23-2/h3-7,11,16H,8-10,12-13H2,1-2H3/t16-/m1/s1. The zero-order valence-electron chi connectivity index (χ0n) is 14.1. The molecule has 0 radical (unpaired) electrons. The van der Waals surface area contributed by atoms with Crippen LogP contribution in [0.15, 0.2) is 36.5 Å². The average Bonchev–Trinajstić information content (AvgIpc) is 2.96. The first-order valence-electron chi connectivity index (χ1n) is 8.14. The summed E-state index contributed by atoms with van der Waals surface area (Å²) in [5, 5.41) is 4.61. The Morgan fingerprint density at radius 3 is 2.92 bits per heavy atom. The van der Waals surface area contributed by atoms with E-state index in [0.29, 0.717) is 13.0 Å². The van der Waals surface area contributed by atoms with E-state index < -0.39 is 0 Å². The van der Waals surface area contributed by atoms with Crippen LogP contribution in [0, 0.1) is 0 Å². The molecule has 0 saturated carbocycles. The first-order valence-corrected chi connectivity index (χ1v) is 8.14. The minimum absolute atomic E-state index is 0.108. The van der Waals surface area contributed by atoms with Crippen molar-refractivity contribution in [2.24, 2.45) is 7.05 Å². The van der Waals surface area contributed by atoms with E-state index in [2.05, 4.69) is 28.3 Å². The number of hydrogen-bond acceptors (Lipinski definition) is 5. The quantitative estimate of drug-likeness (QED) is 0.784. The van der Waals surface area contributed by atoms with Crippen molar-refractivity contribution in [3.05, 3.63) is 42.1 Å². The summed E-state index contributed by atoms with van der Waals surface area (Å²) in [5.41, 5.74) is 3.31. The molecule has 0 unspecified atom stereocenters. The van der Waals surface area contributed by atoms with E-state index in [1.54, 1.807) is 0 Å². The van der Waals surface area contributed by atoms with Crippen LogP contribution in [0.2, 0.25) is 0 Å². The van der Waals surface area contributed by atoms with Crippen molar-refractivity contribution in [1.82, 2.24) is 14.7 Å². The summed E-state index contributed by atoms with van der Waals surface area (Å²) in [6.45, 7) is 2.99. The van der Waals surface area contributed by atoms with Crippen molar-refractivity contribution in [3.63, 3.8) is 0 Å². The lowest BCUT2D eigenvalue weighted by Gasteiger charge is -2.32. The molecule has 128 valence electrons. The monoisotopic (exact) mass is 329 g/mol. The second-order valence-electron chi connectivity index (χ2n) is 6.05. The van der Waals surface area contributed by atoms with Crippen LogP contribution in [0.1, 0.15) is 12.0 Å². The molecule has 6 nitrogen and oxygen atoms in total. The molecule has 2 heterocycles. The van der Waals surface area contributed by atoms with Crippen molar-refractivity contribution in [3.8, 4) is 11.3 Å². The Morgan fingerprint density at radius 1 is 1.38 bits per heavy atom. The van der Waals surface area contributed by atoms with Gasteiger partial charge in [0.2, 0.25) is 0 Å². The molecule has 1 saturated heterocycles. The number of esters is 1. The molecule has 0 amide bonds. The SMILES string of the molecule is COC(=O)C[C@@H]1CN(Cc2cn(C)nc2-c2ccccc2)CCO1. The lowest BCUT2D eigenvalue weighted by Crippen LogP contribution is -2.42. The molecule has 1 aromatic heterocycles. The fourth-order valence-corrected chi connectivity index (χ4v) is 3.05. The average molecular weight is 329 g/mol. The second kappa shape index (κ2) is 7.59. The fourth-order valence-electron chi connectivity index (χ4n) is 3.05. The minimum Gasteiger partial charge on any atom is -0.469 e.